The molecule has 4 N–H and O–H groups in total. The molecule has 120 valence electrons. The van der Waals surface area contributed by atoms with Crippen molar-refractivity contribution in [1.29, 1.82) is 0 Å². The zero-order valence-electron chi connectivity index (χ0n) is 12.2. The number of nitrogen functional groups attached to an aromatic ring is 1. The van der Waals surface area contributed by atoms with Crippen LogP contribution in [0.25, 0.3) is 21.2 Å². The summed E-state index contributed by atoms with van der Waals surface area (Å²) in [5.41, 5.74) is 4.64. The van der Waals surface area contributed by atoms with Crippen LogP contribution in [-0.4, -0.2) is 10.9 Å². The number of fused-ring (bicyclic) bond motifs is 2. The second-order valence-corrected chi connectivity index (χ2v) is 6.96. The number of carbonyl (C=O) groups excluding carboxylic acids is 1. The molecule has 0 aliphatic heterocycles. The first-order chi connectivity index (χ1) is 11.6. The van der Waals surface area contributed by atoms with Gasteiger partial charge >= 0.3 is 0 Å². The summed E-state index contributed by atoms with van der Waals surface area (Å²) < 4.78 is 7.26. The van der Waals surface area contributed by atoms with Gasteiger partial charge in [0.1, 0.15) is 5.58 Å². The number of hydrazine groups is 1. The number of anilines is 2. The van der Waals surface area contributed by atoms with Gasteiger partial charge in [-0.3, -0.25) is 10.2 Å². The van der Waals surface area contributed by atoms with Crippen molar-refractivity contribution in [3.63, 3.8) is 0 Å². The molecular weight excluding hydrogens is 392 g/mol. The number of benzene rings is 2. The topological polar surface area (TPSA) is 93.2 Å². The van der Waals surface area contributed by atoms with Gasteiger partial charge in [-0.05, 0) is 40.2 Å². The lowest BCUT2D eigenvalue weighted by molar-refractivity contribution is 0.0998. The largest absolute Gasteiger partial charge is 0.451 e. The molecule has 1 amide bonds. The fourth-order valence-electron chi connectivity index (χ4n) is 2.41. The van der Waals surface area contributed by atoms with Gasteiger partial charge in [-0.15, -0.1) is 0 Å². The third kappa shape index (κ3) is 2.64. The van der Waals surface area contributed by atoms with Gasteiger partial charge in [0.2, 0.25) is 0 Å². The van der Waals surface area contributed by atoms with E-state index in [-0.39, 0.29) is 11.7 Å². The van der Waals surface area contributed by atoms with Crippen LogP contribution in [0, 0.1) is 0 Å². The van der Waals surface area contributed by atoms with Crippen molar-refractivity contribution in [1.82, 2.24) is 4.98 Å². The minimum atomic E-state index is -0.306. The van der Waals surface area contributed by atoms with Crippen molar-refractivity contribution in [2.24, 2.45) is 5.84 Å². The van der Waals surface area contributed by atoms with E-state index in [1.165, 1.54) is 11.3 Å². The maximum atomic E-state index is 12.4. The number of furan rings is 1. The van der Waals surface area contributed by atoms with Crippen molar-refractivity contribution in [3.8, 4) is 0 Å². The molecule has 24 heavy (non-hydrogen) atoms. The van der Waals surface area contributed by atoms with E-state index >= 15 is 0 Å². The number of carbonyl (C=O) groups is 1. The van der Waals surface area contributed by atoms with E-state index in [4.69, 9.17) is 10.3 Å². The van der Waals surface area contributed by atoms with Gasteiger partial charge < -0.3 is 9.73 Å². The van der Waals surface area contributed by atoms with Crippen LogP contribution in [0.3, 0.4) is 0 Å². The molecule has 0 spiro atoms. The van der Waals surface area contributed by atoms with Crippen LogP contribution in [-0.2, 0) is 0 Å². The first-order valence-electron chi connectivity index (χ1n) is 7.00. The zero-order chi connectivity index (χ0) is 16.7. The highest BCUT2D eigenvalue weighted by Gasteiger charge is 2.14. The van der Waals surface area contributed by atoms with E-state index in [0.717, 1.165) is 20.1 Å². The summed E-state index contributed by atoms with van der Waals surface area (Å²) in [5.74, 6) is 5.35. The van der Waals surface area contributed by atoms with Gasteiger partial charge in [0.15, 0.2) is 10.9 Å². The third-order valence-corrected chi connectivity index (χ3v) is 5.02. The normalized spacial score (nSPS) is 11.1. The first kappa shape index (κ1) is 15.1. The minimum Gasteiger partial charge on any atom is -0.451 e. The Morgan fingerprint density at radius 2 is 2.08 bits per heavy atom. The zero-order valence-corrected chi connectivity index (χ0v) is 14.6. The van der Waals surface area contributed by atoms with Crippen molar-refractivity contribution in [2.45, 2.75) is 0 Å². The van der Waals surface area contributed by atoms with Crippen LogP contribution < -0.4 is 16.6 Å². The Balaban J connectivity index is 1.66. The predicted octanol–water partition coefficient (Wildman–Crippen LogP) is 4.34. The second-order valence-electron chi connectivity index (χ2n) is 5.07. The summed E-state index contributed by atoms with van der Waals surface area (Å²) >= 11 is 4.87. The van der Waals surface area contributed by atoms with Crippen molar-refractivity contribution < 1.29 is 9.21 Å². The highest BCUT2D eigenvalue weighted by molar-refractivity contribution is 9.10. The Labute approximate surface area is 148 Å². The highest BCUT2D eigenvalue weighted by Crippen LogP contribution is 2.34. The molecule has 0 aliphatic carbocycles. The molecule has 8 heteroatoms. The van der Waals surface area contributed by atoms with Gasteiger partial charge in [-0.25, -0.2) is 10.8 Å². The number of hydrogen-bond acceptors (Lipinski definition) is 6. The van der Waals surface area contributed by atoms with Gasteiger partial charge in [0.05, 0.1) is 10.2 Å². The van der Waals surface area contributed by atoms with E-state index in [1.54, 1.807) is 12.1 Å². The molecule has 0 unspecified atom stereocenters. The molecule has 0 atom stereocenters. The highest BCUT2D eigenvalue weighted by atomic mass is 79.9. The first-order valence-corrected chi connectivity index (χ1v) is 8.61. The van der Waals surface area contributed by atoms with E-state index in [1.807, 2.05) is 30.3 Å². The maximum absolute atomic E-state index is 12.4. The number of rotatable bonds is 3. The predicted molar refractivity (Wildman–Crippen MR) is 99.3 cm³/mol. The molecule has 2 heterocycles. The lowest BCUT2D eigenvalue weighted by Gasteiger charge is -2.04. The Morgan fingerprint density at radius 1 is 1.25 bits per heavy atom. The van der Waals surface area contributed by atoms with Crippen LogP contribution >= 0.6 is 27.3 Å². The number of nitrogens with two attached hydrogens (primary N) is 1. The number of thiazole rings is 1. The molecule has 4 rings (SSSR count). The summed E-state index contributed by atoms with van der Waals surface area (Å²) in [4.78, 5) is 16.8. The molecule has 6 nitrogen and oxygen atoms in total. The number of aromatic nitrogens is 1. The maximum Gasteiger partial charge on any atom is 0.291 e. The van der Waals surface area contributed by atoms with Crippen LogP contribution in [0.15, 0.2) is 51.4 Å². The fourth-order valence-corrected chi connectivity index (χ4v) is 3.93. The lowest BCUT2D eigenvalue weighted by Crippen LogP contribution is -2.10. The number of nitrogens with zero attached hydrogens (tertiary/aromatic N) is 1. The lowest BCUT2D eigenvalue weighted by atomic mass is 10.2. The summed E-state index contributed by atoms with van der Waals surface area (Å²) in [6, 6.07) is 12.9. The molecule has 0 saturated carbocycles. The Hall–Kier alpha value is -2.42. The van der Waals surface area contributed by atoms with Crippen LogP contribution in [0.2, 0.25) is 0 Å². The molecular formula is C16H11BrN4O2S. The Bertz CT molecular complexity index is 1040. The number of para-hydroxylation sites is 1. The second kappa shape index (κ2) is 5.90. The molecule has 4 aromatic rings. The van der Waals surface area contributed by atoms with E-state index in [0.29, 0.717) is 16.4 Å². The SMILES string of the molecule is NNc1nc2c(Br)cc(NC(=O)c3cc4ccccc4o3)cc2s1. The Morgan fingerprint density at radius 3 is 2.88 bits per heavy atom. The van der Waals surface area contributed by atoms with Gasteiger partial charge in [-0.1, -0.05) is 29.5 Å². The fraction of sp³-hybridized carbons (Fsp3) is 0. The minimum absolute atomic E-state index is 0.265. The molecule has 0 radical (unpaired) electrons. The average molecular weight is 403 g/mol. The van der Waals surface area contributed by atoms with Gasteiger partial charge in [-0.2, -0.15) is 0 Å². The molecule has 0 saturated heterocycles. The van der Waals surface area contributed by atoms with Gasteiger partial charge in [0, 0.05) is 15.5 Å². The van der Waals surface area contributed by atoms with Crippen LogP contribution in [0.5, 0.6) is 0 Å². The number of halogens is 1. The molecule has 0 bridgehead atoms. The molecule has 2 aromatic heterocycles. The van der Waals surface area contributed by atoms with Crippen molar-refractivity contribution in [2.75, 3.05) is 10.7 Å². The van der Waals surface area contributed by atoms with Crippen LogP contribution in [0.1, 0.15) is 10.6 Å². The number of hydrogen-bond donors (Lipinski definition) is 3. The van der Waals surface area contributed by atoms with Gasteiger partial charge in [0.25, 0.3) is 5.91 Å². The number of nitrogens with one attached hydrogen (secondary N) is 2. The average Bonchev–Trinajstić information content (AvgIpc) is 3.18. The molecule has 2 aromatic carbocycles. The summed E-state index contributed by atoms with van der Waals surface area (Å²) in [6.45, 7) is 0. The Kier molecular flexibility index (Phi) is 3.72. The molecule has 0 aliphatic rings. The number of amides is 1. The van der Waals surface area contributed by atoms with Crippen LogP contribution in [0.4, 0.5) is 10.8 Å². The van der Waals surface area contributed by atoms with E-state index in [9.17, 15) is 4.79 Å². The van der Waals surface area contributed by atoms with Crippen molar-refractivity contribution in [3.05, 3.63) is 52.7 Å². The summed E-state index contributed by atoms with van der Waals surface area (Å²) in [6.07, 6.45) is 0. The monoisotopic (exact) mass is 402 g/mol. The molecule has 0 fully saturated rings. The van der Waals surface area contributed by atoms with E-state index in [2.05, 4.69) is 31.7 Å². The van der Waals surface area contributed by atoms with E-state index < -0.39 is 0 Å². The van der Waals surface area contributed by atoms with Crippen molar-refractivity contribution >= 4 is 65.2 Å². The quantitative estimate of drug-likeness (QED) is 0.350. The summed E-state index contributed by atoms with van der Waals surface area (Å²) in [7, 11) is 0. The standard InChI is InChI=1S/C16H11BrN4O2S/c17-10-6-9(7-13-14(10)20-16(21-18)24-13)19-15(22)12-5-8-3-1-2-4-11(8)23-12/h1-7H,18H2,(H,19,22)(H,20,21). The summed E-state index contributed by atoms with van der Waals surface area (Å²) in [5, 5.41) is 4.34. The smallest absolute Gasteiger partial charge is 0.291 e. The third-order valence-electron chi connectivity index (χ3n) is 3.48.